The number of carboxylic acids is 1. The predicted octanol–water partition coefficient (Wildman–Crippen LogP) is 2.11. The Morgan fingerprint density at radius 1 is 1.50 bits per heavy atom. The summed E-state index contributed by atoms with van der Waals surface area (Å²) in [5.41, 5.74) is -1.46. The number of aromatic nitrogens is 1. The Balaban J connectivity index is 3.21. The minimum Gasteiger partial charge on any atom is -0.477 e. The van der Waals surface area contributed by atoms with Crippen LogP contribution < -0.4 is 0 Å². The van der Waals surface area contributed by atoms with Crippen LogP contribution in [0.5, 0.6) is 0 Å². The molecule has 0 fully saturated rings. The van der Waals surface area contributed by atoms with Crippen molar-refractivity contribution in [2.45, 2.75) is 13.1 Å². The minimum absolute atomic E-state index is 0.148. The standard InChI is InChI=1S/C8H6F3NO2/c1-4-2-6(7(13)14)12-3-5(4)8(9,10)11/h2-3H,1H3,(H,13,14). The van der Waals surface area contributed by atoms with E-state index in [9.17, 15) is 18.0 Å². The lowest BCUT2D eigenvalue weighted by Crippen LogP contribution is -2.10. The number of halogens is 3. The molecule has 1 N–H and O–H groups in total. The highest BCUT2D eigenvalue weighted by molar-refractivity contribution is 5.85. The molecule has 3 nitrogen and oxygen atoms in total. The molecule has 0 saturated heterocycles. The van der Waals surface area contributed by atoms with E-state index in [4.69, 9.17) is 5.11 Å². The van der Waals surface area contributed by atoms with Gasteiger partial charge < -0.3 is 5.11 Å². The summed E-state index contributed by atoms with van der Waals surface area (Å²) in [7, 11) is 0. The molecule has 1 aromatic heterocycles. The lowest BCUT2D eigenvalue weighted by atomic mass is 10.1. The van der Waals surface area contributed by atoms with E-state index in [0.29, 0.717) is 6.20 Å². The van der Waals surface area contributed by atoms with E-state index in [0.717, 1.165) is 6.07 Å². The SMILES string of the molecule is Cc1cc(C(=O)O)ncc1C(F)(F)F. The quantitative estimate of drug-likeness (QED) is 0.763. The molecule has 1 aromatic rings. The van der Waals surface area contributed by atoms with E-state index in [1.54, 1.807) is 0 Å². The van der Waals surface area contributed by atoms with Crippen molar-refractivity contribution in [3.05, 3.63) is 29.1 Å². The van der Waals surface area contributed by atoms with Crippen LogP contribution in [0.3, 0.4) is 0 Å². The third-order valence-corrected chi connectivity index (χ3v) is 1.64. The summed E-state index contributed by atoms with van der Waals surface area (Å²) in [4.78, 5) is 13.6. The number of pyridine rings is 1. The number of hydrogen-bond acceptors (Lipinski definition) is 2. The van der Waals surface area contributed by atoms with Gasteiger partial charge in [-0.2, -0.15) is 13.2 Å². The molecule has 0 aliphatic rings. The smallest absolute Gasteiger partial charge is 0.418 e. The van der Waals surface area contributed by atoms with Crippen LogP contribution in [-0.2, 0) is 6.18 Å². The second-order valence-electron chi connectivity index (χ2n) is 2.69. The Hall–Kier alpha value is -1.59. The number of carboxylic acid groups (broad SMARTS) is 1. The highest BCUT2D eigenvalue weighted by Crippen LogP contribution is 2.31. The maximum absolute atomic E-state index is 12.2. The molecule has 0 aliphatic heterocycles. The van der Waals surface area contributed by atoms with Crippen LogP contribution >= 0.6 is 0 Å². The fraction of sp³-hybridized carbons (Fsp3) is 0.250. The summed E-state index contributed by atoms with van der Waals surface area (Å²) < 4.78 is 36.6. The zero-order valence-electron chi connectivity index (χ0n) is 7.09. The Labute approximate surface area is 77.2 Å². The average molecular weight is 205 g/mol. The van der Waals surface area contributed by atoms with Crippen LogP contribution in [0.4, 0.5) is 13.2 Å². The third kappa shape index (κ3) is 2.01. The number of alkyl halides is 3. The molecule has 1 heterocycles. The number of nitrogens with zero attached hydrogens (tertiary/aromatic N) is 1. The number of hydrogen-bond donors (Lipinski definition) is 1. The highest BCUT2D eigenvalue weighted by Gasteiger charge is 2.33. The summed E-state index contributed by atoms with van der Waals surface area (Å²) >= 11 is 0. The molecular formula is C8H6F3NO2. The van der Waals surface area contributed by atoms with E-state index >= 15 is 0 Å². The average Bonchev–Trinajstić information content (AvgIpc) is 2.01. The van der Waals surface area contributed by atoms with Crippen molar-refractivity contribution in [3.8, 4) is 0 Å². The second kappa shape index (κ2) is 3.28. The molecule has 0 unspecified atom stereocenters. The van der Waals surface area contributed by atoms with E-state index in [1.165, 1.54) is 6.92 Å². The Morgan fingerprint density at radius 2 is 2.07 bits per heavy atom. The van der Waals surface area contributed by atoms with Gasteiger partial charge in [0.2, 0.25) is 0 Å². The van der Waals surface area contributed by atoms with Crippen molar-refractivity contribution in [2.24, 2.45) is 0 Å². The normalized spacial score (nSPS) is 11.4. The summed E-state index contributed by atoms with van der Waals surface area (Å²) in [5.74, 6) is -1.35. The first-order valence-corrected chi connectivity index (χ1v) is 3.59. The number of aromatic carboxylic acids is 1. The van der Waals surface area contributed by atoms with Gasteiger partial charge in [0.15, 0.2) is 0 Å². The molecular weight excluding hydrogens is 199 g/mol. The first kappa shape index (κ1) is 10.5. The van der Waals surface area contributed by atoms with Gasteiger partial charge in [-0.1, -0.05) is 0 Å². The largest absolute Gasteiger partial charge is 0.477 e. The molecule has 0 amide bonds. The van der Waals surface area contributed by atoms with Crippen molar-refractivity contribution in [1.82, 2.24) is 4.98 Å². The lowest BCUT2D eigenvalue weighted by Gasteiger charge is -2.09. The molecule has 1 rings (SSSR count). The van der Waals surface area contributed by atoms with E-state index in [1.807, 2.05) is 0 Å². The molecule has 0 radical (unpaired) electrons. The minimum atomic E-state index is -4.49. The monoisotopic (exact) mass is 205 g/mol. The van der Waals surface area contributed by atoms with Crippen LogP contribution in [0.25, 0.3) is 0 Å². The first-order chi connectivity index (χ1) is 6.32. The van der Waals surface area contributed by atoms with Crippen LogP contribution in [0.1, 0.15) is 21.6 Å². The van der Waals surface area contributed by atoms with Crippen molar-refractivity contribution in [1.29, 1.82) is 0 Å². The number of carbonyl (C=O) groups is 1. The summed E-state index contributed by atoms with van der Waals surface area (Å²) in [5, 5.41) is 8.46. The topological polar surface area (TPSA) is 50.2 Å². The molecule has 76 valence electrons. The zero-order chi connectivity index (χ0) is 10.9. The predicted molar refractivity (Wildman–Crippen MR) is 40.9 cm³/mol. The molecule has 0 aromatic carbocycles. The Morgan fingerprint density at radius 3 is 2.43 bits per heavy atom. The zero-order valence-corrected chi connectivity index (χ0v) is 7.09. The molecule has 0 aliphatic carbocycles. The fourth-order valence-corrected chi connectivity index (χ4v) is 0.970. The Kier molecular flexibility index (Phi) is 2.46. The van der Waals surface area contributed by atoms with Crippen molar-refractivity contribution in [3.63, 3.8) is 0 Å². The van der Waals surface area contributed by atoms with Crippen molar-refractivity contribution >= 4 is 5.97 Å². The van der Waals surface area contributed by atoms with Crippen LogP contribution in [0, 0.1) is 6.92 Å². The fourth-order valence-electron chi connectivity index (χ4n) is 0.970. The van der Waals surface area contributed by atoms with Gasteiger partial charge in [-0.05, 0) is 18.6 Å². The van der Waals surface area contributed by atoms with Gasteiger partial charge in [0.05, 0.1) is 5.56 Å². The van der Waals surface area contributed by atoms with Gasteiger partial charge in [0.25, 0.3) is 0 Å². The Bertz CT molecular complexity index is 373. The molecule has 0 saturated carbocycles. The van der Waals surface area contributed by atoms with E-state index in [2.05, 4.69) is 4.98 Å². The van der Waals surface area contributed by atoms with Gasteiger partial charge >= 0.3 is 12.1 Å². The van der Waals surface area contributed by atoms with Crippen LogP contribution in [0.15, 0.2) is 12.3 Å². The maximum Gasteiger partial charge on any atom is 0.418 e. The molecule has 14 heavy (non-hydrogen) atoms. The van der Waals surface area contributed by atoms with Gasteiger partial charge in [-0.25, -0.2) is 9.78 Å². The van der Waals surface area contributed by atoms with Gasteiger partial charge in [-0.3, -0.25) is 0 Å². The number of rotatable bonds is 1. The number of aryl methyl sites for hydroxylation is 1. The third-order valence-electron chi connectivity index (χ3n) is 1.64. The molecule has 0 atom stereocenters. The van der Waals surface area contributed by atoms with E-state index < -0.39 is 23.4 Å². The first-order valence-electron chi connectivity index (χ1n) is 3.59. The molecule has 6 heteroatoms. The van der Waals surface area contributed by atoms with Gasteiger partial charge in [0, 0.05) is 6.20 Å². The summed E-state index contributed by atoms with van der Waals surface area (Å²) in [6.07, 6.45) is -3.97. The van der Waals surface area contributed by atoms with Crippen LogP contribution in [0.2, 0.25) is 0 Å². The van der Waals surface area contributed by atoms with Gasteiger partial charge in [0.1, 0.15) is 5.69 Å². The van der Waals surface area contributed by atoms with Crippen molar-refractivity contribution in [2.75, 3.05) is 0 Å². The van der Waals surface area contributed by atoms with E-state index in [-0.39, 0.29) is 5.56 Å². The lowest BCUT2D eigenvalue weighted by molar-refractivity contribution is -0.138. The molecule has 0 bridgehead atoms. The van der Waals surface area contributed by atoms with Crippen molar-refractivity contribution < 1.29 is 23.1 Å². The maximum atomic E-state index is 12.2. The van der Waals surface area contributed by atoms with Gasteiger partial charge in [-0.15, -0.1) is 0 Å². The van der Waals surface area contributed by atoms with Crippen LogP contribution in [-0.4, -0.2) is 16.1 Å². The summed E-state index contributed by atoms with van der Waals surface area (Å²) in [6, 6.07) is 0.894. The molecule has 0 spiro atoms. The second-order valence-corrected chi connectivity index (χ2v) is 2.69. The summed E-state index contributed by atoms with van der Waals surface area (Å²) in [6.45, 7) is 1.19. The highest BCUT2D eigenvalue weighted by atomic mass is 19.4.